The summed E-state index contributed by atoms with van der Waals surface area (Å²) in [6.07, 6.45) is 0.857. The Morgan fingerprint density at radius 1 is 1.21 bits per heavy atom. The first-order valence-electron chi connectivity index (χ1n) is 9.28. The predicted octanol–water partition coefficient (Wildman–Crippen LogP) is 5.16. The molecule has 1 aliphatic rings. The number of benzene rings is 1. The molecule has 0 fully saturated rings. The van der Waals surface area contributed by atoms with Crippen molar-refractivity contribution in [1.29, 1.82) is 0 Å². The van der Waals surface area contributed by atoms with Crippen molar-refractivity contribution in [3.05, 3.63) is 64.2 Å². The lowest BCUT2D eigenvalue weighted by atomic mass is 10.1. The van der Waals surface area contributed by atoms with Gasteiger partial charge in [-0.2, -0.15) is 0 Å². The van der Waals surface area contributed by atoms with Crippen molar-refractivity contribution in [1.82, 2.24) is 10.1 Å². The number of anilines is 1. The van der Waals surface area contributed by atoms with E-state index in [4.69, 9.17) is 4.52 Å². The third kappa shape index (κ3) is 2.56. The maximum absolute atomic E-state index is 13.7. The molecule has 0 saturated carbocycles. The molecule has 0 radical (unpaired) electrons. The van der Waals surface area contributed by atoms with E-state index < -0.39 is 0 Å². The highest BCUT2D eigenvalue weighted by Crippen LogP contribution is 2.36. The Bertz CT molecular complexity index is 1220. The number of carbonyl (C=O) groups is 1. The van der Waals surface area contributed by atoms with Crippen LogP contribution in [0.15, 0.2) is 47.0 Å². The van der Waals surface area contributed by atoms with E-state index >= 15 is 0 Å². The topological polar surface area (TPSA) is 59.2 Å². The largest absolute Gasteiger partial charge is 0.335 e. The Kier molecular flexibility index (Phi) is 3.84. The van der Waals surface area contributed by atoms with Gasteiger partial charge in [0, 0.05) is 16.6 Å². The van der Waals surface area contributed by atoms with Crippen LogP contribution in [0.25, 0.3) is 21.7 Å². The minimum atomic E-state index is -0.0364. The molecule has 1 amide bonds. The van der Waals surface area contributed by atoms with Gasteiger partial charge >= 0.3 is 0 Å². The van der Waals surface area contributed by atoms with Gasteiger partial charge in [0.1, 0.15) is 0 Å². The molecule has 0 aliphatic carbocycles. The van der Waals surface area contributed by atoms with Crippen LogP contribution >= 0.6 is 11.3 Å². The number of pyridine rings is 1. The van der Waals surface area contributed by atoms with E-state index in [9.17, 15) is 4.79 Å². The van der Waals surface area contributed by atoms with E-state index in [0.29, 0.717) is 22.4 Å². The first-order chi connectivity index (χ1) is 13.5. The van der Waals surface area contributed by atoms with Gasteiger partial charge in [-0.15, -0.1) is 11.3 Å². The molecular weight excluding hydrogens is 370 g/mol. The Morgan fingerprint density at radius 3 is 2.82 bits per heavy atom. The molecule has 140 valence electrons. The van der Waals surface area contributed by atoms with Crippen molar-refractivity contribution >= 4 is 34.0 Å². The molecule has 0 spiro atoms. The highest BCUT2D eigenvalue weighted by molar-refractivity contribution is 7.15. The number of para-hydroxylation sites is 1. The minimum Gasteiger partial charge on any atom is -0.335 e. The number of rotatable bonds is 2. The molecule has 0 bridgehead atoms. The van der Waals surface area contributed by atoms with Crippen LogP contribution in [-0.4, -0.2) is 22.1 Å². The number of aromatic nitrogens is 2. The fraction of sp³-hybridized carbons (Fsp3) is 0.227. The highest BCUT2D eigenvalue weighted by Gasteiger charge is 2.33. The van der Waals surface area contributed by atoms with Gasteiger partial charge in [0.2, 0.25) is 0 Å². The SMILES string of the molecule is Cc1ccc(-c2cc(C(=O)N3c4ccccc4C[C@H]3C)c3c(C)noc3n2)s1. The molecule has 1 atom stereocenters. The normalized spacial score (nSPS) is 16.0. The second-order valence-corrected chi connectivity index (χ2v) is 8.56. The standard InChI is InChI=1S/C22H19N3O2S/c1-12-10-15-6-4-5-7-18(15)25(12)22(26)16-11-17(19-9-8-13(2)28-19)23-21-20(16)14(3)24-27-21/h4-9,11-12H,10H2,1-3H3/t12-/m1/s1. The number of hydrogen-bond acceptors (Lipinski definition) is 5. The summed E-state index contributed by atoms with van der Waals surface area (Å²) in [7, 11) is 0. The Hall–Kier alpha value is -2.99. The molecule has 5 nitrogen and oxygen atoms in total. The first kappa shape index (κ1) is 17.1. The maximum Gasteiger partial charge on any atom is 0.259 e. The summed E-state index contributed by atoms with van der Waals surface area (Å²) >= 11 is 1.65. The smallest absolute Gasteiger partial charge is 0.259 e. The second kappa shape index (κ2) is 6.27. The Morgan fingerprint density at radius 2 is 2.04 bits per heavy atom. The molecule has 6 heteroatoms. The summed E-state index contributed by atoms with van der Waals surface area (Å²) in [5.41, 5.74) is 4.60. The fourth-order valence-corrected chi connectivity index (χ4v) is 4.79. The quantitative estimate of drug-likeness (QED) is 0.475. The molecule has 5 rings (SSSR count). The van der Waals surface area contributed by atoms with Crippen LogP contribution in [0.2, 0.25) is 0 Å². The number of carbonyl (C=O) groups excluding carboxylic acids is 1. The summed E-state index contributed by atoms with van der Waals surface area (Å²) in [6.45, 7) is 5.99. The van der Waals surface area contributed by atoms with Crippen LogP contribution in [0.3, 0.4) is 0 Å². The summed E-state index contributed by atoms with van der Waals surface area (Å²) in [6, 6.07) is 14.2. The summed E-state index contributed by atoms with van der Waals surface area (Å²) < 4.78 is 5.44. The van der Waals surface area contributed by atoms with E-state index in [1.807, 2.05) is 42.2 Å². The number of aryl methyl sites for hydroxylation is 2. The van der Waals surface area contributed by atoms with Gasteiger partial charge in [-0.25, -0.2) is 4.98 Å². The average Bonchev–Trinajstić information content (AvgIpc) is 3.37. The average molecular weight is 389 g/mol. The van der Waals surface area contributed by atoms with Gasteiger partial charge in [-0.1, -0.05) is 23.4 Å². The molecule has 0 unspecified atom stereocenters. The predicted molar refractivity (Wildman–Crippen MR) is 111 cm³/mol. The lowest BCUT2D eigenvalue weighted by molar-refractivity contribution is 0.0983. The van der Waals surface area contributed by atoms with Gasteiger partial charge in [-0.3, -0.25) is 4.79 Å². The molecule has 4 aromatic rings. The monoisotopic (exact) mass is 389 g/mol. The lowest BCUT2D eigenvalue weighted by Crippen LogP contribution is -2.35. The van der Waals surface area contributed by atoms with Gasteiger partial charge in [-0.05, 0) is 57.0 Å². The molecule has 1 aliphatic heterocycles. The summed E-state index contributed by atoms with van der Waals surface area (Å²) in [5.74, 6) is -0.0364. The number of hydrogen-bond donors (Lipinski definition) is 0. The minimum absolute atomic E-state index is 0.0364. The van der Waals surface area contributed by atoms with Crippen LogP contribution < -0.4 is 4.90 Å². The van der Waals surface area contributed by atoms with E-state index in [1.165, 1.54) is 10.4 Å². The third-order valence-electron chi connectivity index (χ3n) is 5.27. The molecule has 0 N–H and O–H groups in total. The van der Waals surface area contributed by atoms with Crippen molar-refractivity contribution in [2.75, 3.05) is 4.90 Å². The van der Waals surface area contributed by atoms with Crippen LogP contribution in [0.4, 0.5) is 5.69 Å². The van der Waals surface area contributed by atoms with Crippen LogP contribution in [0, 0.1) is 13.8 Å². The van der Waals surface area contributed by atoms with Crippen LogP contribution in [0.5, 0.6) is 0 Å². The lowest BCUT2D eigenvalue weighted by Gasteiger charge is -2.23. The van der Waals surface area contributed by atoms with Gasteiger partial charge < -0.3 is 9.42 Å². The zero-order valence-corrected chi connectivity index (χ0v) is 16.7. The second-order valence-electron chi connectivity index (χ2n) is 7.27. The van der Waals surface area contributed by atoms with E-state index in [2.05, 4.69) is 36.1 Å². The Labute approximate surface area is 166 Å². The number of fused-ring (bicyclic) bond motifs is 2. The van der Waals surface area contributed by atoms with E-state index in [0.717, 1.165) is 22.7 Å². The molecule has 0 saturated heterocycles. The number of amides is 1. The zero-order chi connectivity index (χ0) is 19.4. The van der Waals surface area contributed by atoms with Crippen molar-refractivity contribution in [3.63, 3.8) is 0 Å². The van der Waals surface area contributed by atoms with Gasteiger partial charge in [0.15, 0.2) is 0 Å². The maximum atomic E-state index is 13.7. The number of thiophene rings is 1. The van der Waals surface area contributed by atoms with E-state index in [-0.39, 0.29) is 11.9 Å². The molecule has 28 heavy (non-hydrogen) atoms. The summed E-state index contributed by atoms with van der Waals surface area (Å²) in [5, 5.41) is 4.76. The molecule has 4 heterocycles. The van der Waals surface area contributed by atoms with Crippen molar-refractivity contribution in [2.24, 2.45) is 0 Å². The first-order valence-corrected chi connectivity index (χ1v) is 10.1. The molecular formula is C22H19N3O2S. The highest BCUT2D eigenvalue weighted by atomic mass is 32.1. The van der Waals surface area contributed by atoms with Crippen molar-refractivity contribution in [3.8, 4) is 10.6 Å². The van der Waals surface area contributed by atoms with Crippen LogP contribution in [-0.2, 0) is 6.42 Å². The van der Waals surface area contributed by atoms with Gasteiger partial charge in [0.05, 0.1) is 27.2 Å². The Balaban J connectivity index is 1.69. The van der Waals surface area contributed by atoms with Crippen LogP contribution in [0.1, 0.15) is 33.4 Å². The van der Waals surface area contributed by atoms with Crippen molar-refractivity contribution < 1.29 is 9.32 Å². The zero-order valence-electron chi connectivity index (χ0n) is 15.9. The van der Waals surface area contributed by atoms with Crippen molar-refractivity contribution in [2.45, 2.75) is 33.2 Å². The summed E-state index contributed by atoms with van der Waals surface area (Å²) in [4.78, 5) is 22.4. The fourth-order valence-electron chi connectivity index (χ4n) is 3.97. The molecule has 1 aromatic carbocycles. The molecule has 3 aromatic heterocycles. The number of nitrogens with zero attached hydrogens (tertiary/aromatic N) is 3. The van der Waals surface area contributed by atoms with Gasteiger partial charge in [0.25, 0.3) is 11.6 Å². The third-order valence-corrected chi connectivity index (χ3v) is 6.29. The van der Waals surface area contributed by atoms with E-state index in [1.54, 1.807) is 11.3 Å².